The Labute approximate surface area is 236 Å². The summed E-state index contributed by atoms with van der Waals surface area (Å²) in [4.78, 5) is 18.7. The van der Waals surface area contributed by atoms with Crippen LogP contribution in [0.4, 0.5) is 5.69 Å². The van der Waals surface area contributed by atoms with E-state index in [4.69, 9.17) is 4.99 Å². The third kappa shape index (κ3) is 7.00. The Balaban J connectivity index is 1.70. The molecule has 4 rings (SSSR count). The number of rotatable bonds is 7. The van der Waals surface area contributed by atoms with Crippen molar-refractivity contribution in [3.8, 4) is 0 Å². The van der Waals surface area contributed by atoms with Crippen molar-refractivity contribution in [2.75, 3.05) is 0 Å². The first-order chi connectivity index (χ1) is 18.4. The van der Waals surface area contributed by atoms with Crippen LogP contribution in [-0.2, 0) is 10.8 Å². The topological polar surface area (TPSA) is 29.4 Å². The molecule has 2 nitrogen and oxygen atoms in total. The molecule has 0 spiro atoms. The number of para-hydroxylation sites is 1. The summed E-state index contributed by atoms with van der Waals surface area (Å²) in [5, 5.41) is 3.76. The normalized spacial score (nSPS) is 12.6. The summed E-state index contributed by atoms with van der Waals surface area (Å²) in [6.07, 6.45) is 0.293. The summed E-state index contributed by atoms with van der Waals surface area (Å²) in [5.41, 5.74) is 4.80. The maximum Gasteiger partial charge on any atom is 0.168 e. The summed E-state index contributed by atoms with van der Waals surface area (Å²) in [7, 11) is -0.789. The molecule has 0 aliphatic heterocycles. The number of nitrogens with zero attached hydrogens (tertiary/aromatic N) is 1. The third-order valence-electron chi connectivity index (χ3n) is 6.87. The second-order valence-corrected chi connectivity index (χ2v) is 14.4. The van der Waals surface area contributed by atoms with Gasteiger partial charge in [0.25, 0.3) is 0 Å². The molecule has 0 fully saturated rings. The number of benzene rings is 4. The Morgan fingerprint density at radius 3 is 1.77 bits per heavy atom. The van der Waals surface area contributed by atoms with Gasteiger partial charge < -0.3 is 0 Å². The van der Waals surface area contributed by atoms with Gasteiger partial charge in [0.1, 0.15) is 0 Å². The molecule has 0 aliphatic carbocycles. The predicted molar refractivity (Wildman–Crippen MR) is 171 cm³/mol. The minimum Gasteiger partial charge on any atom is -0.294 e. The van der Waals surface area contributed by atoms with E-state index in [2.05, 4.69) is 133 Å². The van der Waals surface area contributed by atoms with Gasteiger partial charge in [-0.25, -0.2) is 0 Å². The highest BCUT2D eigenvalue weighted by molar-refractivity contribution is 7.80. The van der Waals surface area contributed by atoms with Crippen molar-refractivity contribution in [3.05, 3.63) is 120 Å². The number of hydrogen-bond acceptors (Lipinski definition) is 2. The van der Waals surface area contributed by atoms with E-state index in [1.807, 2.05) is 19.1 Å². The first-order valence-electron chi connectivity index (χ1n) is 13.7. The first-order valence-corrected chi connectivity index (χ1v) is 15.0. The highest BCUT2D eigenvalue weighted by Gasteiger charge is 2.25. The zero-order valence-corrected chi connectivity index (χ0v) is 25.2. The fourth-order valence-electron chi connectivity index (χ4n) is 4.78. The molecular formula is C36H40NOP. The number of Topliss-reactive ketones (excluding diaryl/α,β-unsaturated/α-hetero) is 1. The molecule has 0 N–H and O–H groups in total. The summed E-state index contributed by atoms with van der Waals surface area (Å²) in [6.45, 7) is 15.1. The molecule has 200 valence electrons. The van der Waals surface area contributed by atoms with Crippen LogP contribution in [0.15, 0.2) is 108 Å². The number of aliphatic imine (C=N–C) groups is 1. The van der Waals surface area contributed by atoms with Gasteiger partial charge >= 0.3 is 0 Å². The average Bonchev–Trinajstić information content (AvgIpc) is 2.89. The molecule has 0 heterocycles. The van der Waals surface area contributed by atoms with Gasteiger partial charge in [0, 0.05) is 23.0 Å². The quantitative estimate of drug-likeness (QED) is 0.133. The number of hydrogen-bond donors (Lipinski definition) is 0. The van der Waals surface area contributed by atoms with E-state index in [-0.39, 0.29) is 16.6 Å². The Morgan fingerprint density at radius 1 is 0.692 bits per heavy atom. The zero-order chi connectivity index (χ0) is 28.2. The van der Waals surface area contributed by atoms with E-state index in [0.29, 0.717) is 6.42 Å². The van der Waals surface area contributed by atoms with Crippen LogP contribution in [0, 0.1) is 0 Å². The van der Waals surface area contributed by atoms with Crippen molar-refractivity contribution in [2.45, 2.75) is 65.7 Å². The molecule has 4 aromatic rings. The van der Waals surface area contributed by atoms with Gasteiger partial charge in [0.2, 0.25) is 0 Å². The van der Waals surface area contributed by atoms with Gasteiger partial charge in [-0.3, -0.25) is 9.79 Å². The van der Waals surface area contributed by atoms with Gasteiger partial charge in [-0.2, -0.15) is 0 Å². The maximum absolute atomic E-state index is 13.7. The van der Waals surface area contributed by atoms with E-state index >= 15 is 0 Å². The van der Waals surface area contributed by atoms with Gasteiger partial charge in [-0.15, -0.1) is 0 Å². The fourth-order valence-corrected chi connectivity index (χ4v) is 7.16. The van der Waals surface area contributed by atoms with Crippen molar-refractivity contribution in [1.82, 2.24) is 0 Å². The molecule has 3 heteroatoms. The van der Waals surface area contributed by atoms with E-state index in [1.165, 1.54) is 21.5 Å². The summed E-state index contributed by atoms with van der Waals surface area (Å²) in [6, 6.07) is 36.0. The van der Waals surface area contributed by atoms with Crippen LogP contribution in [0.1, 0.15) is 76.4 Å². The van der Waals surface area contributed by atoms with Gasteiger partial charge in [-0.1, -0.05) is 139 Å². The van der Waals surface area contributed by atoms with Crippen molar-refractivity contribution >= 4 is 41.0 Å². The molecule has 0 amide bonds. The van der Waals surface area contributed by atoms with E-state index < -0.39 is 7.92 Å². The lowest BCUT2D eigenvalue weighted by atomic mass is 9.77. The summed E-state index contributed by atoms with van der Waals surface area (Å²) >= 11 is 0. The fraction of sp³-hybridized carbons (Fsp3) is 0.278. The highest BCUT2D eigenvalue weighted by Crippen LogP contribution is 2.37. The van der Waals surface area contributed by atoms with Gasteiger partial charge in [-0.05, 0) is 53.5 Å². The second-order valence-electron chi connectivity index (χ2n) is 12.2. The standard InChI is InChI=1S/C36H40NOP/c1-26(24-33(38)30-23-22-27(35(2,3)4)25-31(30)36(5,6)7)37-32-20-14-15-21-34(32)39(28-16-10-8-11-17-28)29-18-12-9-13-19-29/h8-23,25H,24H2,1-7H3. The van der Waals surface area contributed by atoms with Crippen LogP contribution in [0.3, 0.4) is 0 Å². The molecule has 4 aromatic carbocycles. The average molecular weight is 534 g/mol. The van der Waals surface area contributed by atoms with E-state index in [0.717, 1.165) is 22.5 Å². The minimum absolute atomic E-state index is 0.0263. The number of carbonyl (C=O) groups excluding carboxylic acids is 1. The Bertz CT molecular complexity index is 1420. The lowest BCUT2D eigenvalue weighted by Crippen LogP contribution is -2.21. The molecule has 39 heavy (non-hydrogen) atoms. The maximum atomic E-state index is 13.7. The van der Waals surface area contributed by atoms with Crippen molar-refractivity contribution in [2.24, 2.45) is 4.99 Å². The molecule has 0 atom stereocenters. The Morgan fingerprint density at radius 2 is 1.23 bits per heavy atom. The summed E-state index contributed by atoms with van der Waals surface area (Å²) in [5.74, 6) is 0.118. The van der Waals surface area contributed by atoms with Crippen LogP contribution < -0.4 is 15.9 Å². The summed E-state index contributed by atoms with van der Waals surface area (Å²) < 4.78 is 0. The molecule has 0 saturated heterocycles. The molecule has 0 saturated carbocycles. The van der Waals surface area contributed by atoms with E-state index in [1.54, 1.807) is 0 Å². The number of carbonyl (C=O) groups is 1. The monoisotopic (exact) mass is 533 g/mol. The molecular weight excluding hydrogens is 493 g/mol. The molecule has 0 aromatic heterocycles. The third-order valence-corrected chi connectivity index (χ3v) is 9.36. The predicted octanol–water partition coefficient (Wildman–Crippen LogP) is 8.41. The van der Waals surface area contributed by atoms with Crippen LogP contribution in [0.2, 0.25) is 0 Å². The first kappa shape index (κ1) is 28.7. The van der Waals surface area contributed by atoms with Crippen LogP contribution in [-0.4, -0.2) is 11.5 Å². The van der Waals surface area contributed by atoms with Crippen LogP contribution >= 0.6 is 7.92 Å². The van der Waals surface area contributed by atoms with Crippen molar-refractivity contribution in [3.63, 3.8) is 0 Å². The lowest BCUT2D eigenvalue weighted by molar-refractivity contribution is 0.0998. The Kier molecular flexibility index (Phi) is 8.67. The van der Waals surface area contributed by atoms with Crippen molar-refractivity contribution < 1.29 is 4.79 Å². The number of ketones is 1. The largest absolute Gasteiger partial charge is 0.294 e. The van der Waals surface area contributed by atoms with Gasteiger partial charge in [0.15, 0.2) is 5.78 Å². The highest BCUT2D eigenvalue weighted by atomic mass is 31.1. The van der Waals surface area contributed by atoms with Gasteiger partial charge in [0.05, 0.1) is 5.69 Å². The lowest BCUT2D eigenvalue weighted by Gasteiger charge is -2.27. The van der Waals surface area contributed by atoms with Crippen molar-refractivity contribution in [1.29, 1.82) is 0 Å². The van der Waals surface area contributed by atoms with E-state index in [9.17, 15) is 4.79 Å². The van der Waals surface area contributed by atoms with Crippen LogP contribution in [0.5, 0.6) is 0 Å². The zero-order valence-electron chi connectivity index (χ0n) is 24.3. The Hall–Kier alpha value is -3.35. The SMILES string of the molecule is CC(CC(=O)c1ccc(C(C)(C)C)cc1C(C)(C)C)=Nc1ccccc1P(c1ccccc1)c1ccccc1. The molecule has 0 unspecified atom stereocenters. The van der Waals surface area contributed by atoms with Crippen LogP contribution in [0.25, 0.3) is 0 Å². The molecule has 0 bridgehead atoms. The molecule has 0 aliphatic rings. The second kappa shape index (κ2) is 11.8. The smallest absolute Gasteiger partial charge is 0.168 e. The molecule has 0 radical (unpaired) electrons. The minimum atomic E-state index is -0.789.